The molecule has 2 rings (SSSR count). The van der Waals surface area contributed by atoms with E-state index in [-0.39, 0.29) is 22.0 Å². The maximum absolute atomic E-state index is 13.4. The number of rotatable bonds is 0. The molecule has 1 aromatic heterocycles. The van der Waals surface area contributed by atoms with Crippen molar-refractivity contribution in [3.05, 3.63) is 27.8 Å². The molecule has 0 radical (unpaired) electrons. The summed E-state index contributed by atoms with van der Waals surface area (Å²) in [7, 11) is 0. The van der Waals surface area contributed by atoms with E-state index in [0.717, 1.165) is 0 Å². The molecule has 0 amide bonds. The van der Waals surface area contributed by atoms with Crippen molar-refractivity contribution in [3.63, 3.8) is 0 Å². The summed E-state index contributed by atoms with van der Waals surface area (Å²) in [6.45, 7) is 1.39. The van der Waals surface area contributed by atoms with Crippen LogP contribution in [0.15, 0.2) is 0 Å². The van der Waals surface area contributed by atoms with Crippen molar-refractivity contribution in [2.45, 2.75) is 13.2 Å². The first-order chi connectivity index (χ1) is 6.52. The van der Waals surface area contributed by atoms with Gasteiger partial charge in [0.15, 0.2) is 5.82 Å². The summed E-state index contributed by atoms with van der Waals surface area (Å²) in [5.41, 5.74) is -0.402. The molecule has 0 aromatic carbocycles. The number of esters is 1. The predicted octanol–water partition coefficient (Wildman–Crippen LogP) is 1.34. The highest BCUT2D eigenvalue weighted by atomic mass is 35.5. The van der Waals surface area contributed by atoms with Crippen LogP contribution in [0, 0.1) is 12.7 Å². The number of aliphatic hydroxyl groups is 1. The molecule has 0 spiro atoms. The van der Waals surface area contributed by atoms with Crippen molar-refractivity contribution < 1.29 is 19.0 Å². The van der Waals surface area contributed by atoms with Crippen molar-refractivity contribution in [1.82, 2.24) is 4.98 Å². The third kappa shape index (κ3) is 1.09. The summed E-state index contributed by atoms with van der Waals surface area (Å²) >= 11 is 5.62. The van der Waals surface area contributed by atoms with E-state index in [2.05, 4.69) is 9.72 Å². The van der Waals surface area contributed by atoms with Crippen LogP contribution >= 0.6 is 11.6 Å². The van der Waals surface area contributed by atoms with Gasteiger partial charge in [0.1, 0.15) is 10.7 Å². The van der Waals surface area contributed by atoms with Gasteiger partial charge in [0.05, 0.1) is 11.3 Å². The molecule has 6 heteroatoms. The molecule has 0 fully saturated rings. The van der Waals surface area contributed by atoms with Crippen LogP contribution in [-0.2, 0) is 4.74 Å². The smallest absolute Gasteiger partial charge is 0.344 e. The SMILES string of the molecule is Cc1nc(Cl)c2c(c1F)C(O)OC2=O. The maximum atomic E-state index is 13.4. The molecular weight excluding hydrogens is 213 g/mol. The van der Waals surface area contributed by atoms with Crippen molar-refractivity contribution in [2.75, 3.05) is 0 Å². The molecule has 1 aromatic rings. The Labute approximate surface area is 83.3 Å². The number of carbonyl (C=O) groups is 1. The highest BCUT2D eigenvalue weighted by Gasteiger charge is 2.36. The molecule has 1 aliphatic rings. The molecule has 0 saturated heterocycles. The molecule has 0 saturated carbocycles. The summed E-state index contributed by atoms with van der Waals surface area (Å²) < 4.78 is 17.8. The molecule has 1 atom stereocenters. The van der Waals surface area contributed by atoms with E-state index >= 15 is 0 Å². The monoisotopic (exact) mass is 217 g/mol. The third-order valence-electron chi connectivity index (χ3n) is 1.97. The zero-order valence-electron chi connectivity index (χ0n) is 7.04. The second-order valence-electron chi connectivity index (χ2n) is 2.85. The number of nitrogens with zero attached hydrogens (tertiary/aromatic N) is 1. The number of fused-ring (bicyclic) bond motifs is 1. The van der Waals surface area contributed by atoms with Gasteiger partial charge in [0.2, 0.25) is 6.29 Å². The van der Waals surface area contributed by atoms with Crippen LogP contribution in [0.2, 0.25) is 5.15 Å². The second-order valence-corrected chi connectivity index (χ2v) is 3.21. The number of aryl methyl sites for hydroxylation is 1. The van der Waals surface area contributed by atoms with Crippen molar-refractivity contribution in [1.29, 1.82) is 0 Å². The van der Waals surface area contributed by atoms with Gasteiger partial charge in [-0.3, -0.25) is 0 Å². The Morgan fingerprint density at radius 3 is 2.93 bits per heavy atom. The molecular formula is C8H5ClFNO3. The molecule has 1 aliphatic heterocycles. The normalized spacial score (nSPS) is 19.4. The van der Waals surface area contributed by atoms with Gasteiger partial charge in [-0.25, -0.2) is 14.2 Å². The number of carbonyl (C=O) groups excluding carboxylic acids is 1. The number of pyridine rings is 1. The second kappa shape index (κ2) is 2.90. The first-order valence-corrected chi connectivity index (χ1v) is 4.14. The van der Waals surface area contributed by atoms with Gasteiger partial charge < -0.3 is 9.84 Å². The van der Waals surface area contributed by atoms with E-state index in [4.69, 9.17) is 11.6 Å². The minimum Gasteiger partial charge on any atom is -0.428 e. The number of hydrogen-bond donors (Lipinski definition) is 1. The molecule has 1 unspecified atom stereocenters. The van der Waals surface area contributed by atoms with Gasteiger partial charge in [-0.1, -0.05) is 11.6 Å². The van der Waals surface area contributed by atoms with E-state index < -0.39 is 18.1 Å². The fourth-order valence-electron chi connectivity index (χ4n) is 1.31. The minimum absolute atomic E-state index is 0.0195. The van der Waals surface area contributed by atoms with Gasteiger partial charge in [-0.2, -0.15) is 0 Å². The topological polar surface area (TPSA) is 59.4 Å². The third-order valence-corrected chi connectivity index (χ3v) is 2.24. The molecule has 0 aliphatic carbocycles. The summed E-state index contributed by atoms with van der Waals surface area (Å²) in [5, 5.41) is 9.06. The van der Waals surface area contributed by atoms with Crippen LogP contribution in [0.5, 0.6) is 0 Å². The fourth-order valence-corrected chi connectivity index (χ4v) is 1.62. The fraction of sp³-hybridized carbons (Fsp3) is 0.250. The lowest BCUT2D eigenvalue weighted by molar-refractivity contribution is -0.0562. The number of cyclic esters (lactones) is 1. The lowest BCUT2D eigenvalue weighted by atomic mass is 10.1. The molecule has 2 heterocycles. The first-order valence-electron chi connectivity index (χ1n) is 3.77. The van der Waals surface area contributed by atoms with E-state index in [9.17, 15) is 14.3 Å². The summed E-state index contributed by atoms with van der Waals surface area (Å²) in [5.74, 6) is -1.62. The van der Waals surface area contributed by atoms with Crippen LogP contribution in [-0.4, -0.2) is 16.1 Å². The van der Waals surface area contributed by atoms with E-state index in [1.165, 1.54) is 6.92 Å². The van der Waals surface area contributed by atoms with Crippen molar-refractivity contribution >= 4 is 17.6 Å². The average Bonchev–Trinajstić information content (AvgIpc) is 2.38. The Morgan fingerprint density at radius 2 is 2.29 bits per heavy atom. The molecule has 74 valence electrons. The summed E-state index contributed by atoms with van der Waals surface area (Å²) in [6, 6.07) is 0. The van der Waals surface area contributed by atoms with Gasteiger partial charge in [0, 0.05) is 0 Å². The largest absolute Gasteiger partial charge is 0.428 e. The van der Waals surface area contributed by atoms with Crippen molar-refractivity contribution in [3.8, 4) is 0 Å². The van der Waals surface area contributed by atoms with E-state index in [0.29, 0.717) is 0 Å². The average molecular weight is 218 g/mol. The number of ether oxygens (including phenoxy) is 1. The van der Waals surface area contributed by atoms with Crippen LogP contribution in [0.3, 0.4) is 0 Å². The highest BCUT2D eigenvalue weighted by molar-refractivity contribution is 6.32. The van der Waals surface area contributed by atoms with Gasteiger partial charge in [-0.15, -0.1) is 0 Å². The molecule has 4 nitrogen and oxygen atoms in total. The zero-order valence-corrected chi connectivity index (χ0v) is 7.80. The van der Waals surface area contributed by atoms with Crippen molar-refractivity contribution in [2.24, 2.45) is 0 Å². The van der Waals surface area contributed by atoms with Gasteiger partial charge in [-0.05, 0) is 6.92 Å². The van der Waals surface area contributed by atoms with E-state index in [1.807, 2.05) is 0 Å². The molecule has 1 N–H and O–H groups in total. The number of aliphatic hydroxyl groups excluding tert-OH is 1. The Bertz CT molecular complexity index is 435. The van der Waals surface area contributed by atoms with Crippen LogP contribution in [0.25, 0.3) is 0 Å². The number of hydrogen-bond acceptors (Lipinski definition) is 4. The molecule has 0 bridgehead atoms. The lowest BCUT2D eigenvalue weighted by Crippen LogP contribution is -2.02. The lowest BCUT2D eigenvalue weighted by Gasteiger charge is -2.04. The Balaban J connectivity index is 2.79. The standard InChI is InChI=1S/C8H5ClFNO3/c1-2-5(10)3-4(6(9)11-2)8(13)14-7(3)12/h7,12H,1H3. The maximum Gasteiger partial charge on any atom is 0.344 e. The van der Waals surface area contributed by atoms with Crippen LogP contribution in [0.4, 0.5) is 4.39 Å². The minimum atomic E-state index is -1.59. The highest BCUT2D eigenvalue weighted by Crippen LogP contribution is 2.35. The first kappa shape index (κ1) is 9.36. The summed E-state index contributed by atoms with van der Waals surface area (Å²) in [4.78, 5) is 14.7. The Morgan fingerprint density at radius 1 is 1.64 bits per heavy atom. The van der Waals surface area contributed by atoms with Gasteiger partial charge in [0.25, 0.3) is 0 Å². The quantitative estimate of drug-likeness (QED) is 0.526. The van der Waals surface area contributed by atoms with E-state index in [1.54, 1.807) is 0 Å². The Kier molecular flexibility index (Phi) is 1.94. The van der Waals surface area contributed by atoms with Crippen LogP contribution < -0.4 is 0 Å². The molecule has 14 heavy (non-hydrogen) atoms. The van der Waals surface area contributed by atoms with Crippen LogP contribution in [0.1, 0.15) is 27.9 Å². The predicted molar refractivity (Wildman–Crippen MR) is 44.3 cm³/mol. The number of halogens is 2. The zero-order chi connectivity index (χ0) is 10.5. The Hall–Kier alpha value is -1.20. The van der Waals surface area contributed by atoms with Gasteiger partial charge >= 0.3 is 5.97 Å². The summed E-state index contributed by atoms with van der Waals surface area (Å²) in [6.07, 6.45) is -1.59. The number of aromatic nitrogens is 1.